The van der Waals surface area contributed by atoms with Gasteiger partial charge in [0.05, 0.1) is 7.11 Å². The maximum atomic E-state index is 12.0. The summed E-state index contributed by atoms with van der Waals surface area (Å²) >= 11 is 0. The van der Waals surface area contributed by atoms with Gasteiger partial charge < -0.3 is 20.5 Å². The summed E-state index contributed by atoms with van der Waals surface area (Å²) in [5.74, 6) is 0.626. The van der Waals surface area contributed by atoms with Crippen LogP contribution in [0.1, 0.15) is 5.56 Å². The first-order chi connectivity index (χ1) is 9.71. The van der Waals surface area contributed by atoms with Gasteiger partial charge in [-0.3, -0.25) is 4.79 Å². The molecule has 0 bridgehead atoms. The minimum Gasteiger partial charge on any atom is -0.497 e. The number of ether oxygens (including phenoxy) is 2. The fourth-order valence-electron chi connectivity index (χ4n) is 1.75. The lowest BCUT2D eigenvalue weighted by molar-refractivity contribution is -0.130. The number of amides is 1. The topological polar surface area (TPSA) is 73.6 Å². The maximum absolute atomic E-state index is 12.0. The van der Waals surface area contributed by atoms with E-state index >= 15 is 0 Å². The predicted molar refractivity (Wildman–Crippen MR) is 78.7 cm³/mol. The first-order valence-electron chi connectivity index (χ1n) is 6.49. The molecule has 0 aromatic heterocycles. The van der Waals surface area contributed by atoms with Gasteiger partial charge >= 0.3 is 0 Å². The van der Waals surface area contributed by atoms with Crippen molar-refractivity contribution in [2.45, 2.75) is 12.5 Å². The van der Waals surface area contributed by atoms with Gasteiger partial charge in [0.25, 0.3) is 0 Å². The maximum Gasteiger partial charge on any atom is 0.249 e. The molecule has 0 aliphatic carbocycles. The van der Waals surface area contributed by atoms with Crippen LogP contribution in [0.2, 0.25) is 0 Å². The van der Waals surface area contributed by atoms with E-state index in [9.17, 15) is 4.79 Å². The summed E-state index contributed by atoms with van der Waals surface area (Å²) in [6.45, 7) is 0.918. The standard InChI is InChI=1S/C15H22N2O3/c1-19-13-7-5-6-12(10-13)11-14(20-2)15(18)17-9-4-3-8-16/h3-7,10,14H,8-9,11,16H2,1-2H3,(H,17,18). The van der Waals surface area contributed by atoms with Crippen molar-refractivity contribution in [2.24, 2.45) is 5.73 Å². The van der Waals surface area contributed by atoms with Crippen molar-refractivity contribution in [1.29, 1.82) is 0 Å². The molecule has 0 radical (unpaired) electrons. The molecule has 5 heteroatoms. The zero-order chi connectivity index (χ0) is 14.8. The van der Waals surface area contributed by atoms with Crippen LogP contribution in [0.25, 0.3) is 0 Å². The minimum absolute atomic E-state index is 0.142. The Balaban J connectivity index is 2.56. The molecule has 1 aromatic carbocycles. The Morgan fingerprint density at radius 3 is 2.85 bits per heavy atom. The summed E-state index contributed by atoms with van der Waals surface area (Å²) in [5.41, 5.74) is 6.31. The fourth-order valence-corrected chi connectivity index (χ4v) is 1.75. The van der Waals surface area contributed by atoms with Crippen molar-refractivity contribution in [3.05, 3.63) is 42.0 Å². The molecule has 5 nitrogen and oxygen atoms in total. The quantitative estimate of drug-likeness (QED) is 0.692. The van der Waals surface area contributed by atoms with E-state index in [4.69, 9.17) is 15.2 Å². The van der Waals surface area contributed by atoms with Crippen molar-refractivity contribution in [1.82, 2.24) is 5.32 Å². The fraction of sp³-hybridized carbons (Fsp3) is 0.400. The molecule has 0 aliphatic heterocycles. The Bertz CT molecular complexity index is 446. The molecular formula is C15H22N2O3. The van der Waals surface area contributed by atoms with Gasteiger partial charge in [0.15, 0.2) is 0 Å². The second-order valence-corrected chi connectivity index (χ2v) is 4.23. The first-order valence-corrected chi connectivity index (χ1v) is 6.49. The molecule has 1 aromatic rings. The summed E-state index contributed by atoms with van der Waals surface area (Å²) in [6.07, 6.45) is 3.59. The Morgan fingerprint density at radius 1 is 1.40 bits per heavy atom. The summed E-state index contributed by atoms with van der Waals surface area (Å²) in [7, 11) is 3.14. The molecular weight excluding hydrogens is 256 g/mol. The number of rotatable bonds is 8. The van der Waals surface area contributed by atoms with Gasteiger partial charge in [-0.15, -0.1) is 0 Å². The number of benzene rings is 1. The van der Waals surface area contributed by atoms with Crippen LogP contribution in [-0.4, -0.2) is 39.3 Å². The number of hydrogen-bond acceptors (Lipinski definition) is 4. The minimum atomic E-state index is -0.520. The molecule has 0 heterocycles. The molecule has 3 N–H and O–H groups in total. The normalized spacial score (nSPS) is 12.3. The number of hydrogen-bond donors (Lipinski definition) is 2. The second kappa shape index (κ2) is 9.12. The van der Waals surface area contributed by atoms with Crippen LogP contribution < -0.4 is 15.8 Å². The Morgan fingerprint density at radius 2 is 2.20 bits per heavy atom. The van der Waals surface area contributed by atoms with Crippen LogP contribution in [0.3, 0.4) is 0 Å². The van der Waals surface area contributed by atoms with Gasteiger partial charge in [0, 0.05) is 26.6 Å². The average Bonchev–Trinajstić information content (AvgIpc) is 2.49. The van der Waals surface area contributed by atoms with Gasteiger partial charge in [-0.1, -0.05) is 24.3 Å². The number of nitrogens with one attached hydrogen (secondary N) is 1. The third kappa shape index (κ3) is 5.42. The lowest BCUT2D eigenvalue weighted by Crippen LogP contribution is -2.37. The Hall–Kier alpha value is -1.85. The van der Waals surface area contributed by atoms with Gasteiger partial charge in [0.2, 0.25) is 5.91 Å². The van der Waals surface area contributed by atoms with Gasteiger partial charge in [0.1, 0.15) is 11.9 Å². The van der Waals surface area contributed by atoms with Crippen molar-refractivity contribution in [3.63, 3.8) is 0 Å². The SMILES string of the molecule is COc1cccc(CC(OC)C(=O)NCC=CCN)c1. The van der Waals surface area contributed by atoms with E-state index in [-0.39, 0.29) is 5.91 Å². The first kappa shape index (κ1) is 16.2. The molecule has 1 rings (SSSR count). The van der Waals surface area contributed by atoms with Crippen molar-refractivity contribution in [2.75, 3.05) is 27.3 Å². The summed E-state index contributed by atoms with van der Waals surface area (Å²) in [6, 6.07) is 7.59. The van der Waals surface area contributed by atoms with Crippen molar-refractivity contribution >= 4 is 5.91 Å². The molecule has 0 spiro atoms. The van der Waals surface area contributed by atoms with E-state index in [1.807, 2.05) is 30.3 Å². The van der Waals surface area contributed by atoms with Crippen LogP contribution in [0.5, 0.6) is 5.75 Å². The summed E-state index contributed by atoms with van der Waals surface area (Å²) in [5, 5.41) is 2.78. The lowest BCUT2D eigenvalue weighted by Gasteiger charge is -2.15. The molecule has 0 fully saturated rings. The van der Waals surface area contributed by atoms with E-state index in [0.717, 1.165) is 11.3 Å². The highest BCUT2D eigenvalue weighted by atomic mass is 16.5. The van der Waals surface area contributed by atoms with E-state index < -0.39 is 6.10 Å². The van der Waals surface area contributed by atoms with E-state index in [0.29, 0.717) is 19.5 Å². The van der Waals surface area contributed by atoms with Crippen molar-refractivity contribution in [3.8, 4) is 5.75 Å². The molecule has 20 heavy (non-hydrogen) atoms. The van der Waals surface area contributed by atoms with Crippen molar-refractivity contribution < 1.29 is 14.3 Å². The third-order valence-electron chi connectivity index (χ3n) is 2.83. The molecule has 0 saturated heterocycles. The molecule has 1 atom stereocenters. The smallest absolute Gasteiger partial charge is 0.249 e. The molecule has 0 aliphatic rings. The van der Waals surface area contributed by atoms with Crippen LogP contribution in [0.4, 0.5) is 0 Å². The highest BCUT2D eigenvalue weighted by molar-refractivity contribution is 5.81. The lowest BCUT2D eigenvalue weighted by atomic mass is 10.1. The van der Waals surface area contributed by atoms with Crippen LogP contribution >= 0.6 is 0 Å². The number of methoxy groups -OCH3 is 2. The Labute approximate surface area is 119 Å². The van der Waals surface area contributed by atoms with Gasteiger partial charge in [-0.05, 0) is 17.7 Å². The zero-order valence-electron chi connectivity index (χ0n) is 12.0. The van der Waals surface area contributed by atoms with Gasteiger partial charge in [-0.2, -0.15) is 0 Å². The third-order valence-corrected chi connectivity index (χ3v) is 2.83. The molecule has 110 valence electrons. The zero-order valence-corrected chi connectivity index (χ0v) is 12.0. The summed E-state index contributed by atoms with van der Waals surface area (Å²) in [4.78, 5) is 12.0. The second-order valence-electron chi connectivity index (χ2n) is 4.23. The van der Waals surface area contributed by atoms with E-state index in [1.54, 1.807) is 13.2 Å². The van der Waals surface area contributed by atoms with Crippen LogP contribution in [-0.2, 0) is 16.0 Å². The van der Waals surface area contributed by atoms with E-state index in [1.165, 1.54) is 7.11 Å². The Kier molecular flexibility index (Phi) is 7.39. The monoisotopic (exact) mass is 278 g/mol. The molecule has 1 unspecified atom stereocenters. The van der Waals surface area contributed by atoms with E-state index in [2.05, 4.69) is 5.32 Å². The van der Waals surface area contributed by atoms with Gasteiger partial charge in [-0.25, -0.2) is 0 Å². The number of carbonyl (C=O) groups is 1. The highest BCUT2D eigenvalue weighted by Crippen LogP contribution is 2.14. The largest absolute Gasteiger partial charge is 0.497 e. The van der Waals surface area contributed by atoms with Crippen LogP contribution in [0, 0.1) is 0 Å². The number of nitrogens with two attached hydrogens (primary N) is 1. The predicted octanol–water partition coefficient (Wildman–Crippen LogP) is 0.884. The molecule has 1 amide bonds. The molecule has 0 saturated carbocycles. The highest BCUT2D eigenvalue weighted by Gasteiger charge is 2.17. The van der Waals surface area contributed by atoms with Crippen LogP contribution in [0.15, 0.2) is 36.4 Å². The number of carbonyl (C=O) groups excluding carboxylic acids is 1. The average molecular weight is 278 g/mol. The summed E-state index contributed by atoms with van der Waals surface area (Å²) < 4.78 is 10.4.